The molecule has 2 saturated heterocycles. The molecular weight excluding hydrogens is 572 g/mol. The minimum atomic E-state index is -0.173. The fourth-order valence-corrected chi connectivity index (χ4v) is 14.6. The lowest BCUT2D eigenvalue weighted by molar-refractivity contribution is -0.251. The van der Waals surface area contributed by atoms with Crippen LogP contribution in [0.25, 0.3) is 0 Å². The third-order valence-electron chi connectivity index (χ3n) is 17.6. The van der Waals surface area contributed by atoms with Gasteiger partial charge >= 0.3 is 0 Å². The first-order valence-corrected chi connectivity index (χ1v) is 19.9. The summed E-state index contributed by atoms with van der Waals surface area (Å²) in [6.45, 7) is 18.9. The zero-order valence-corrected chi connectivity index (χ0v) is 30.4. The molecule has 6 nitrogen and oxygen atoms in total. The van der Waals surface area contributed by atoms with E-state index in [4.69, 9.17) is 14.2 Å². The van der Waals surface area contributed by atoms with Crippen LogP contribution < -0.4 is 0 Å². The number of morpholine rings is 1. The number of aliphatic hydroxyl groups is 1. The van der Waals surface area contributed by atoms with Crippen molar-refractivity contribution in [2.45, 2.75) is 155 Å². The van der Waals surface area contributed by atoms with Crippen molar-refractivity contribution in [2.24, 2.45) is 50.7 Å². The molecule has 8 aliphatic rings. The van der Waals surface area contributed by atoms with Crippen molar-refractivity contribution in [3.8, 4) is 0 Å². The Morgan fingerprint density at radius 3 is 2.28 bits per heavy atom. The summed E-state index contributed by atoms with van der Waals surface area (Å²) in [5.74, 6) is 2.57. The minimum absolute atomic E-state index is 0.0244. The summed E-state index contributed by atoms with van der Waals surface area (Å²) in [4.78, 5) is 5.50. The van der Waals surface area contributed by atoms with Gasteiger partial charge in [-0.3, -0.25) is 4.90 Å². The molecule has 0 bridgehead atoms. The molecular formula is C40H68N2O4. The molecule has 6 aliphatic carbocycles. The Morgan fingerprint density at radius 2 is 1.57 bits per heavy atom. The zero-order chi connectivity index (χ0) is 32.1. The predicted molar refractivity (Wildman–Crippen MR) is 182 cm³/mol. The maximum atomic E-state index is 12.0. The van der Waals surface area contributed by atoms with Crippen LogP contribution in [-0.2, 0) is 14.2 Å². The van der Waals surface area contributed by atoms with Gasteiger partial charge in [-0.25, -0.2) is 0 Å². The number of rotatable bonds is 8. The van der Waals surface area contributed by atoms with Gasteiger partial charge in [0.25, 0.3) is 0 Å². The van der Waals surface area contributed by atoms with Crippen LogP contribution in [0.1, 0.15) is 125 Å². The second-order valence-electron chi connectivity index (χ2n) is 19.1. The largest absolute Gasteiger partial charge is 0.393 e. The van der Waals surface area contributed by atoms with Gasteiger partial charge in [0, 0.05) is 44.3 Å². The number of fused-ring (bicyclic) bond motifs is 2. The van der Waals surface area contributed by atoms with Gasteiger partial charge in [-0.2, -0.15) is 0 Å². The van der Waals surface area contributed by atoms with Gasteiger partial charge in [-0.1, -0.05) is 41.0 Å². The first kappa shape index (κ1) is 32.9. The predicted octanol–water partition coefficient (Wildman–Crippen LogP) is 7.13. The number of hydrogen-bond donors (Lipinski definition) is 1. The highest BCUT2D eigenvalue weighted by Gasteiger charge is 2.83. The lowest BCUT2D eigenvalue weighted by Gasteiger charge is -2.64. The molecule has 2 spiro atoms. The van der Waals surface area contributed by atoms with Crippen molar-refractivity contribution in [3.05, 3.63) is 0 Å². The van der Waals surface area contributed by atoms with Crippen LogP contribution in [0.15, 0.2) is 0 Å². The molecule has 0 aromatic heterocycles. The summed E-state index contributed by atoms with van der Waals surface area (Å²) in [5.41, 5.74) is 1.29. The van der Waals surface area contributed by atoms with Crippen LogP contribution in [0.2, 0.25) is 0 Å². The van der Waals surface area contributed by atoms with Gasteiger partial charge in [0.1, 0.15) is 0 Å². The monoisotopic (exact) mass is 641 g/mol. The molecule has 2 aliphatic heterocycles. The maximum absolute atomic E-state index is 12.0. The normalized spacial score (nSPS) is 50.2. The summed E-state index contributed by atoms with van der Waals surface area (Å²) >= 11 is 0. The van der Waals surface area contributed by atoms with Crippen molar-refractivity contribution in [1.82, 2.24) is 9.80 Å². The standard InChI is InChI=1S/C40H68N2O4/c1-27(15-22-44-6)30-24-33(43)38(5)32-11-10-31-36(2,3)34(12-16-39(31)26-40(32,39)18-17-37(30,38)4)46-35-25-42(21-23-45-35)29-13-19-41(20-14-29)28-8-7-9-28/h27-35,43H,7-26H2,1-6H3/t27-,30-,31+,32?,33+,34+,35+,37-,38-,39-,40+/m1/s1. The van der Waals surface area contributed by atoms with Gasteiger partial charge in [0.05, 0.1) is 18.8 Å². The molecule has 1 unspecified atom stereocenters. The number of hydrogen-bond acceptors (Lipinski definition) is 6. The Bertz CT molecular complexity index is 1120. The molecule has 46 heavy (non-hydrogen) atoms. The molecule has 2 heterocycles. The van der Waals surface area contributed by atoms with E-state index >= 15 is 0 Å². The minimum Gasteiger partial charge on any atom is -0.393 e. The second-order valence-corrected chi connectivity index (χ2v) is 19.1. The van der Waals surface area contributed by atoms with Gasteiger partial charge in [-0.15, -0.1) is 0 Å². The topological polar surface area (TPSA) is 54.4 Å². The molecule has 0 radical (unpaired) electrons. The molecule has 0 aromatic rings. The highest BCUT2D eigenvalue weighted by Crippen LogP contribution is 2.89. The third-order valence-corrected chi connectivity index (χ3v) is 17.6. The Hall–Kier alpha value is -0.240. The van der Waals surface area contributed by atoms with E-state index in [0.717, 1.165) is 45.2 Å². The van der Waals surface area contributed by atoms with E-state index in [9.17, 15) is 5.11 Å². The summed E-state index contributed by atoms with van der Waals surface area (Å²) < 4.78 is 18.9. The van der Waals surface area contributed by atoms with Crippen LogP contribution in [0.3, 0.4) is 0 Å². The summed E-state index contributed by atoms with van der Waals surface area (Å²) in [7, 11) is 1.83. The lowest BCUT2D eigenvalue weighted by atomic mass is 9.41. The van der Waals surface area contributed by atoms with Gasteiger partial charge < -0.3 is 24.2 Å². The summed E-state index contributed by atoms with van der Waals surface area (Å²) in [6.07, 6.45) is 18.2. The van der Waals surface area contributed by atoms with Crippen molar-refractivity contribution < 1.29 is 19.3 Å². The molecule has 8 rings (SSSR count). The zero-order valence-electron chi connectivity index (χ0n) is 30.4. The first-order valence-electron chi connectivity index (χ1n) is 19.9. The fraction of sp³-hybridized carbons (Fsp3) is 1.00. The van der Waals surface area contributed by atoms with Gasteiger partial charge in [-0.05, 0) is 142 Å². The SMILES string of the molecule is COCC[C@@H](C)[C@H]1C[C@H](O)[C@@]2(C)C3CC[C@H]4C(C)(C)[C@@H](O[C@H]5CN(C6CCN(C7CCC7)CC6)CCO5)CC[C@@]45C[C@@]35CC[C@]12C. The van der Waals surface area contributed by atoms with E-state index in [0.29, 0.717) is 40.5 Å². The summed E-state index contributed by atoms with van der Waals surface area (Å²) in [5, 5.41) is 12.0. The van der Waals surface area contributed by atoms with E-state index in [1.807, 2.05) is 7.11 Å². The van der Waals surface area contributed by atoms with E-state index < -0.39 is 0 Å². The second kappa shape index (κ2) is 11.7. The molecule has 6 saturated carbocycles. The first-order chi connectivity index (χ1) is 22.0. The highest BCUT2D eigenvalue weighted by molar-refractivity contribution is 5.31. The number of likely N-dealkylation sites (tertiary alicyclic amines) is 1. The van der Waals surface area contributed by atoms with Crippen LogP contribution in [0.4, 0.5) is 0 Å². The Balaban J connectivity index is 0.936. The van der Waals surface area contributed by atoms with E-state index in [2.05, 4.69) is 44.4 Å². The van der Waals surface area contributed by atoms with E-state index in [1.54, 1.807) is 0 Å². The van der Waals surface area contributed by atoms with Crippen molar-refractivity contribution in [3.63, 3.8) is 0 Å². The van der Waals surface area contributed by atoms with Gasteiger partial charge in [0.15, 0.2) is 6.29 Å². The molecule has 262 valence electrons. The molecule has 0 aromatic carbocycles. The molecule has 0 amide bonds. The fourth-order valence-electron chi connectivity index (χ4n) is 14.6. The molecule has 11 atom stereocenters. The molecule has 8 fully saturated rings. The maximum Gasteiger partial charge on any atom is 0.170 e. The smallest absolute Gasteiger partial charge is 0.170 e. The third kappa shape index (κ3) is 4.61. The molecule has 1 N–H and O–H groups in total. The summed E-state index contributed by atoms with van der Waals surface area (Å²) in [6, 6.07) is 1.58. The van der Waals surface area contributed by atoms with Crippen molar-refractivity contribution in [2.75, 3.05) is 46.5 Å². The van der Waals surface area contributed by atoms with Gasteiger partial charge in [0.2, 0.25) is 0 Å². The van der Waals surface area contributed by atoms with E-state index in [1.165, 1.54) is 90.1 Å². The quantitative estimate of drug-likeness (QED) is 0.305. The number of nitrogens with zero attached hydrogens (tertiary/aromatic N) is 2. The Morgan fingerprint density at radius 1 is 0.848 bits per heavy atom. The van der Waals surface area contributed by atoms with Crippen molar-refractivity contribution in [1.29, 1.82) is 0 Å². The average Bonchev–Trinajstić information content (AvgIpc) is 3.64. The Kier molecular flexibility index (Phi) is 8.34. The van der Waals surface area contributed by atoms with E-state index in [-0.39, 0.29) is 34.7 Å². The van der Waals surface area contributed by atoms with Crippen LogP contribution in [-0.4, -0.2) is 92.0 Å². The van der Waals surface area contributed by atoms with Crippen molar-refractivity contribution >= 4 is 0 Å². The average molecular weight is 641 g/mol. The number of methoxy groups -OCH3 is 1. The Labute approximate surface area is 281 Å². The highest BCUT2D eigenvalue weighted by atomic mass is 16.7. The number of piperidine rings is 1. The number of aliphatic hydroxyl groups excluding tert-OH is 1. The van der Waals surface area contributed by atoms with Crippen LogP contribution in [0.5, 0.6) is 0 Å². The van der Waals surface area contributed by atoms with Crippen LogP contribution in [0, 0.1) is 50.7 Å². The lowest BCUT2D eigenvalue weighted by Crippen LogP contribution is -2.60. The van der Waals surface area contributed by atoms with Crippen LogP contribution >= 0.6 is 0 Å². The molecule has 6 heteroatoms. The number of ether oxygens (including phenoxy) is 3.